The molecule has 6 rings (SSSR count). The molecule has 4 atom stereocenters. The fourth-order valence-electron chi connectivity index (χ4n) is 6.81. The summed E-state index contributed by atoms with van der Waals surface area (Å²) in [5.41, 5.74) is 0.786. The zero-order valence-corrected chi connectivity index (χ0v) is 33.7. The standard InChI is InChI=1S/C46H38O18/c1-3-39(47)55-25-57-45(53)61-33-17-9-27(10-18-33)41(49)59-31-13-5-29(6-14-31)43(51)63-37-23-21-36-35(37)22-24-38(36)64-44(52)30-7-15-32(16-8-30)60-42(50)28-11-19-34(20-12-28)62-46(54)58-26-56-40(48)4-2/h3-20,35-38H,1-2,21-26H2. The van der Waals surface area contributed by atoms with Crippen LogP contribution in [-0.2, 0) is 38.0 Å². The van der Waals surface area contributed by atoms with Crippen LogP contribution in [0.25, 0.3) is 0 Å². The Morgan fingerprint density at radius 2 is 0.703 bits per heavy atom. The zero-order chi connectivity index (χ0) is 45.6. The molecule has 0 bridgehead atoms. The van der Waals surface area contributed by atoms with Crippen LogP contribution in [-0.4, -0.2) is 73.9 Å². The second-order valence-corrected chi connectivity index (χ2v) is 13.8. The van der Waals surface area contributed by atoms with Gasteiger partial charge >= 0.3 is 48.1 Å². The first-order chi connectivity index (χ1) is 30.9. The normalized spacial score (nSPS) is 16.9. The molecule has 4 aromatic carbocycles. The highest BCUT2D eigenvalue weighted by atomic mass is 16.8. The lowest BCUT2D eigenvalue weighted by atomic mass is 9.98. The minimum atomic E-state index is -1.13. The van der Waals surface area contributed by atoms with Gasteiger partial charge in [0.25, 0.3) is 0 Å². The Hall–Kier alpha value is -8.28. The highest BCUT2D eigenvalue weighted by Gasteiger charge is 2.48. The van der Waals surface area contributed by atoms with Gasteiger partial charge in [-0.25, -0.2) is 38.4 Å². The number of ether oxygens (including phenoxy) is 10. The van der Waals surface area contributed by atoms with E-state index in [4.69, 9.17) is 28.4 Å². The van der Waals surface area contributed by atoms with E-state index in [2.05, 4.69) is 32.1 Å². The van der Waals surface area contributed by atoms with Crippen molar-refractivity contribution in [2.75, 3.05) is 13.6 Å². The van der Waals surface area contributed by atoms with Crippen LogP contribution >= 0.6 is 0 Å². The van der Waals surface area contributed by atoms with E-state index in [1.54, 1.807) is 0 Å². The molecule has 2 aliphatic carbocycles. The maximum atomic E-state index is 13.1. The molecule has 18 nitrogen and oxygen atoms in total. The third-order valence-electron chi connectivity index (χ3n) is 9.86. The molecule has 64 heavy (non-hydrogen) atoms. The second kappa shape index (κ2) is 21.5. The number of hydrogen-bond acceptors (Lipinski definition) is 18. The molecule has 0 heterocycles. The minimum Gasteiger partial charge on any atom is -0.458 e. The number of rotatable bonds is 16. The summed E-state index contributed by atoms with van der Waals surface area (Å²) in [6.07, 6.45) is 1.36. The SMILES string of the molecule is C=CC(=O)OCOC(=O)Oc1ccc(C(=O)Oc2ccc(C(=O)OC3CCC4C(OC(=O)c5ccc(OC(=O)c6ccc(OC(=O)OCOC(=O)C=C)cc6)cc5)CCC34)cc2)cc1. The summed E-state index contributed by atoms with van der Waals surface area (Å²) in [5.74, 6) is -3.63. The third-order valence-corrected chi connectivity index (χ3v) is 9.86. The van der Waals surface area contributed by atoms with Crippen molar-refractivity contribution in [1.82, 2.24) is 0 Å². The van der Waals surface area contributed by atoms with Gasteiger partial charge in [-0.1, -0.05) is 13.2 Å². The molecule has 2 saturated carbocycles. The van der Waals surface area contributed by atoms with Crippen LogP contribution in [0.15, 0.2) is 122 Å². The average molecular weight is 879 g/mol. The van der Waals surface area contributed by atoms with Crippen LogP contribution in [0.1, 0.15) is 67.1 Å². The van der Waals surface area contributed by atoms with Gasteiger partial charge in [0.1, 0.15) is 35.2 Å². The lowest BCUT2D eigenvalue weighted by Gasteiger charge is -2.21. The molecule has 0 amide bonds. The van der Waals surface area contributed by atoms with Crippen molar-refractivity contribution in [3.05, 3.63) is 145 Å². The van der Waals surface area contributed by atoms with Crippen molar-refractivity contribution >= 4 is 48.1 Å². The van der Waals surface area contributed by atoms with E-state index in [0.717, 1.165) is 12.2 Å². The van der Waals surface area contributed by atoms with Gasteiger partial charge in [-0.15, -0.1) is 0 Å². The van der Waals surface area contributed by atoms with Gasteiger partial charge in [-0.3, -0.25) is 0 Å². The average Bonchev–Trinajstić information content (AvgIpc) is 3.89. The molecule has 330 valence electrons. The lowest BCUT2D eigenvalue weighted by Crippen LogP contribution is -2.26. The summed E-state index contributed by atoms with van der Waals surface area (Å²) in [7, 11) is 0. The largest absolute Gasteiger partial charge is 0.516 e. The van der Waals surface area contributed by atoms with Crippen molar-refractivity contribution in [2.24, 2.45) is 11.8 Å². The highest BCUT2D eigenvalue weighted by Crippen LogP contribution is 2.47. The number of hydrogen-bond donors (Lipinski definition) is 0. The van der Waals surface area contributed by atoms with Gasteiger partial charge in [-0.2, -0.15) is 0 Å². The molecule has 2 fully saturated rings. The van der Waals surface area contributed by atoms with E-state index in [9.17, 15) is 38.4 Å². The molecule has 4 unspecified atom stereocenters. The summed E-state index contributed by atoms with van der Waals surface area (Å²) >= 11 is 0. The van der Waals surface area contributed by atoms with Gasteiger partial charge in [0.2, 0.25) is 13.6 Å². The Kier molecular flexibility index (Phi) is 15.2. The fourth-order valence-corrected chi connectivity index (χ4v) is 6.81. The number of esters is 6. The third kappa shape index (κ3) is 12.4. The van der Waals surface area contributed by atoms with E-state index in [-0.39, 0.29) is 69.3 Å². The van der Waals surface area contributed by atoms with Gasteiger partial charge in [0, 0.05) is 24.0 Å². The van der Waals surface area contributed by atoms with Crippen LogP contribution in [0, 0.1) is 11.8 Å². The smallest absolute Gasteiger partial charge is 0.458 e. The zero-order valence-electron chi connectivity index (χ0n) is 33.7. The van der Waals surface area contributed by atoms with Gasteiger partial charge in [0.05, 0.1) is 22.3 Å². The van der Waals surface area contributed by atoms with Gasteiger partial charge in [0.15, 0.2) is 0 Å². The quantitative estimate of drug-likeness (QED) is 0.0273. The summed E-state index contributed by atoms with van der Waals surface area (Å²) in [6, 6.07) is 22.5. The first-order valence-corrected chi connectivity index (χ1v) is 19.4. The van der Waals surface area contributed by atoms with Crippen molar-refractivity contribution in [3.63, 3.8) is 0 Å². The van der Waals surface area contributed by atoms with Crippen molar-refractivity contribution in [1.29, 1.82) is 0 Å². The monoisotopic (exact) mass is 878 g/mol. The first kappa shape index (κ1) is 45.3. The number of benzene rings is 4. The Bertz CT molecular complexity index is 2220. The van der Waals surface area contributed by atoms with Crippen LogP contribution in [0.2, 0.25) is 0 Å². The molecule has 18 heteroatoms. The topological polar surface area (TPSA) is 229 Å². The molecule has 0 radical (unpaired) electrons. The summed E-state index contributed by atoms with van der Waals surface area (Å²) in [6.45, 7) is 5.10. The van der Waals surface area contributed by atoms with E-state index < -0.39 is 61.7 Å². The van der Waals surface area contributed by atoms with Crippen LogP contribution < -0.4 is 18.9 Å². The van der Waals surface area contributed by atoms with Gasteiger partial charge in [-0.05, 0) is 123 Å². The Morgan fingerprint density at radius 3 is 1.02 bits per heavy atom. The lowest BCUT2D eigenvalue weighted by molar-refractivity contribution is -0.147. The summed E-state index contributed by atoms with van der Waals surface area (Å²) < 4.78 is 50.8. The Labute approximate surface area is 364 Å². The van der Waals surface area contributed by atoms with Crippen LogP contribution in [0.4, 0.5) is 9.59 Å². The molecular formula is C46H38O18. The van der Waals surface area contributed by atoms with Crippen molar-refractivity contribution in [3.8, 4) is 23.0 Å². The predicted molar refractivity (Wildman–Crippen MR) is 216 cm³/mol. The molecular weight excluding hydrogens is 840 g/mol. The highest BCUT2D eigenvalue weighted by molar-refractivity contribution is 5.93. The predicted octanol–water partition coefficient (Wildman–Crippen LogP) is 7.10. The molecule has 2 aliphatic rings. The van der Waals surface area contributed by atoms with Gasteiger partial charge < -0.3 is 47.4 Å². The molecule has 0 aliphatic heterocycles. The number of fused-ring (bicyclic) bond motifs is 1. The Morgan fingerprint density at radius 1 is 0.406 bits per heavy atom. The minimum absolute atomic E-state index is 0.00313. The van der Waals surface area contributed by atoms with E-state index >= 15 is 0 Å². The summed E-state index contributed by atoms with van der Waals surface area (Å²) in [4.78, 5) is 97.1. The van der Waals surface area contributed by atoms with Crippen molar-refractivity contribution < 1.29 is 85.7 Å². The number of carbonyl (C=O) groups is 8. The molecule has 0 N–H and O–H groups in total. The Balaban J connectivity index is 0.912. The maximum Gasteiger partial charge on any atom is 0.516 e. The summed E-state index contributed by atoms with van der Waals surface area (Å²) in [5, 5.41) is 0. The van der Waals surface area contributed by atoms with Crippen LogP contribution in [0.3, 0.4) is 0 Å². The molecule has 0 aromatic heterocycles. The van der Waals surface area contributed by atoms with E-state index in [0.29, 0.717) is 25.7 Å². The maximum absolute atomic E-state index is 13.1. The molecule has 0 saturated heterocycles. The fraction of sp³-hybridized carbons (Fsp3) is 0.217. The van der Waals surface area contributed by atoms with Crippen molar-refractivity contribution in [2.45, 2.75) is 37.9 Å². The first-order valence-electron chi connectivity index (χ1n) is 19.4. The van der Waals surface area contributed by atoms with E-state index in [1.807, 2.05) is 0 Å². The molecule has 4 aromatic rings. The number of carbonyl (C=O) groups excluding carboxylic acids is 8. The second-order valence-electron chi connectivity index (χ2n) is 13.8. The van der Waals surface area contributed by atoms with E-state index in [1.165, 1.54) is 97.1 Å². The van der Waals surface area contributed by atoms with Crippen LogP contribution in [0.5, 0.6) is 23.0 Å². The molecule has 0 spiro atoms.